The Balaban J connectivity index is 2.30. The molecule has 0 spiro atoms. The average Bonchev–Trinajstić information content (AvgIpc) is 2.71. The van der Waals surface area contributed by atoms with Gasteiger partial charge >= 0.3 is 0 Å². The van der Waals surface area contributed by atoms with Crippen LogP contribution in [-0.2, 0) is 0 Å². The second kappa shape index (κ2) is 5.22. The minimum Gasteiger partial charge on any atom is -0.368 e. The third-order valence-corrected chi connectivity index (χ3v) is 2.76. The van der Waals surface area contributed by atoms with E-state index in [1.807, 2.05) is 45.0 Å². The van der Waals surface area contributed by atoms with Crippen molar-refractivity contribution >= 4 is 11.9 Å². The molecule has 5 heteroatoms. The van der Waals surface area contributed by atoms with Gasteiger partial charge in [0.25, 0.3) is 0 Å². The average molecular weight is 258 g/mol. The number of benzene rings is 1. The lowest BCUT2D eigenvalue weighted by atomic mass is 10.1. The van der Waals surface area contributed by atoms with Crippen LogP contribution in [0.1, 0.15) is 30.6 Å². The van der Waals surface area contributed by atoms with Crippen LogP contribution in [-0.4, -0.2) is 20.7 Å². The smallest absolute Gasteiger partial charge is 0.250 e. The van der Waals surface area contributed by atoms with E-state index in [0.717, 1.165) is 11.1 Å². The zero-order chi connectivity index (χ0) is 14.0. The van der Waals surface area contributed by atoms with Crippen molar-refractivity contribution in [2.45, 2.75) is 27.2 Å². The zero-order valence-corrected chi connectivity index (χ0v) is 11.4. The van der Waals surface area contributed by atoms with Crippen LogP contribution in [0.5, 0.6) is 0 Å². The fourth-order valence-corrected chi connectivity index (χ4v) is 1.77. The molecule has 0 saturated carbocycles. The van der Waals surface area contributed by atoms with Crippen molar-refractivity contribution in [1.29, 1.82) is 0 Å². The third kappa shape index (κ3) is 2.99. The van der Waals surface area contributed by atoms with Crippen LogP contribution in [0.25, 0.3) is 11.4 Å². The number of nitrogens with two attached hydrogens (primary N) is 1. The highest BCUT2D eigenvalue weighted by atomic mass is 16.2. The van der Waals surface area contributed by atoms with Crippen molar-refractivity contribution in [3.05, 3.63) is 29.8 Å². The molecule has 2 aromatic rings. The standard InChI is InChI=1S/C14H18N4O/c1-9(2)8-12(19)18-14(15)16-13(17-18)11-6-4-10(3)5-7-11/h4-7,9H,8H2,1-3H3,(H2,15,16,17). The SMILES string of the molecule is Cc1ccc(-c2nc(N)n(C(=O)CC(C)C)n2)cc1. The second-order valence-electron chi connectivity index (χ2n) is 5.06. The van der Waals surface area contributed by atoms with Crippen molar-refractivity contribution in [3.63, 3.8) is 0 Å². The van der Waals surface area contributed by atoms with E-state index >= 15 is 0 Å². The summed E-state index contributed by atoms with van der Waals surface area (Å²) in [4.78, 5) is 16.1. The Morgan fingerprint density at radius 2 is 1.95 bits per heavy atom. The van der Waals surface area contributed by atoms with Gasteiger partial charge in [0, 0.05) is 12.0 Å². The molecule has 0 aliphatic heterocycles. The van der Waals surface area contributed by atoms with Crippen LogP contribution in [0.15, 0.2) is 24.3 Å². The second-order valence-corrected chi connectivity index (χ2v) is 5.06. The van der Waals surface area contributed by atoms with Crippen LogP contribution in [0, 0.1) is 12.8 Å². The van der Waals surface area contributed by atoms with Crippen LogP contribution < -0.4 is 5.73 Å². The van der Waals surface area contributed by atoms with E-state index < -0.39 is 0 Å². The molecule has 1 aromatic heterocycles. The predicted molar refractivity (Wildman–Crippen MR) is 74.7 cm³/mol. The number of aromatic nitrogens is 3. The summed E-state index contributed by atoms with van der Waals surface area (Å²) < 4.78 is 1.19. The summed E-state index contributed by atoms with van der Waals surface area (Å²) in [6.07, 6.45) is 0.404. The number of carbonyl (C=O) groups is 1. The van der Waals surface area contributed by atoms with E-state index in [1.54, 1.807) is 0 Å². The molecule has 0 aliphatic carbocycles. The molecule has 2 N–H and O–H groups in total. The summed E-state index contributed by atoms with van der Waals surface area (Å²) in [5.41, 5.74) is 7.77. The van der Waals surface area contributed by atoms with Crippen molar-refractivity contribution in [2.24, 2.45) is 5.92 Å². The molecule has 0 fully saturated rings. The Bertz CT molecular complexity index is 584. The van der Waals surface area contributed by atoms with Crippen molar-refractivity contribution in [3.8, 4) is 11.4 Å². The topological polar surface area (TPSA) is 73.8 Å². The first-order chi connectivity index (χ1) is 8.97. The molecule has 0 aliphatic rings. The highest BCUT2D eigenvalue weighted by Crippen LogP contribution is 2.17. The minimum absolute atomic E-state index is 0.127. The van der Waals surface area contributed by atoms with E-state index in [9.17, 15) is 4.79 Å². The molecule has 0 amide bonds. The van der Waals surface area contributed by atoms with Crippen LogP contribution >= 0.6 is 0 Å². The highest BCUT2D eigenvalue weighted by Gasteiger charge is 2.15. The maximum atomic E-state index is 12.0. The summed E-state index contributed by atoms with van der Waals surface area (Å²) in [7, 11) is 0. The molecular weight excluding hydrogens is 240 g/mol. The summed E-state index contributed by atoms with van der Waals surface area (Å²) in [5, 5.41) is 4.19. The molecule has 19 heavy (non-hydrogen) atoms. The van der Waals surface area contributed by atoms with Crippen molar-refractivity contribution in [1.82, 2.24) is 14.8 Å². The number of anilines is 1. The number of nitrogen functional groups attached to an aromatic ring is 1. The molecule has 0 saturated heterocycles. The molecule has 0 unspecified atom stereocenters. The molecule has 100 valence electrons. The molecule has 1 aromatic carbocycles. The Hall–Kier alpha value is -2.17. The van der Waals surface area contributed by atoms with Crippen LogP contribution in [0.2, 0.25) is 0 Å². The van der Waals surface area contributed by atoms with Gasteiger partial charge in [-0.2, -0.15) is 9.67 Å². The summed E-state index contributed by atoms with van der Waals surface area (Å²) in [5.74, 6) is 0.758. The van der Waals surface area contributed by atoms with E-state index in [4.69, 9.17) is 5.73 Å². The molecule has 0 bridgehead atoms. The van der Waals surface area contributed by atoms with Gasteiger partial charge in [-0.15, -0.1) is 5.10 Å². The van der Waals surface area contributed by atoms with Crippen molar-refractivity contribution < 1.29 is 4.79 Å². The van der Waals surface area contributed by atoms with E-state index in [-0.39, 0.29) is 17.8 Å². The van der Waals surface area contributed by atoms with Gasteiger partial charge in [0.1, 0.15) is 0 Å². The zero-order valence-electron chi connectivity index (χ0n) is 11.4. The van der Waals surface area contributed by atoms with E-state index in [2.05, 4.69) is 10.1 Å². The molecule has 0 atom stereocenters. The maximum Gasteiger partial charge on any atom is 0.250 e. The van der Waals surface area contributed by atoms with Gasteiger partial charge < -0.3 is 5.73 Å². The van der Waals surface area contributed by atoms with Crippen molar-refractivity contribution in [2.75, 3.05) is 5.73 Å². The lowest BCUT2D eigenvalue weighted by Crippen LogP contribution is -2.17. The van der Waals surface area contributed by atoms with Gasteiger partial charge in [0.15, 0.2) is 5.82 Å². The Morgan fingerprint density at radius 1 is 1.32 bits per heavy atom. The van der Waals surface area contributed by atoms with Gasteiger partial charge in [-0.25, -0.2) is 0 Å². The lowest BCUT2D eigenvalue weighted by molar-refractivity contribution is 0.0873. The third-order valence-electron chi connectivity index (χ3n) is 2.76. The first-order valence-corrected chi connectivity index (χ1v) is 6.30. The van der Waals surface area contributed by atoms with E-state index in [1.165, 1.54) is 4.68 Å². The van der Waals surface area contributed by atoms with Gasteiger partial charge in [-0.1, -0.05) is 43.7 Å². The number of carbonyl (C=O) groups excluding carboxylic acids is 1. The molecule has 1 heterocycles. The fraction of sp³-hybridized carbons (Fsp3) is 0.357. The van der Waals surface area contributed by atoms with Gasteiger partial charge in [-0.05, 0) is 12.8 Å². The summed E-state index contributed by atoms with van der Waals surface area (Å²) >= 11 is 0. The maximum absolute atomic E-state index is 12.0. The quantitative estimate of drug-likeness (QED) is 0.918. The Labute approximate surface area is 112 Å². The Morgan fingerprint density at radius 3 is 2.53 bits per heavy atom. The van der Waals surface area contributed by atoms with Gasteiger partial charge in [0.05, 0.1) is 0 Å². The number of hydrogen-bond donors (Lipinski definition) is 1. The minimum atomic E-state index is -0.127. The van der Waals surface area contributed by atoms with E-state index in [0.29, 0.717) is 12.2 Å². The summed E-state index contributed by atoms with van der Waals surface area (Å²) in [6.45, 7) is 5.97. The largest absolute Gasteiger partial charge is 0.368 e. The number of aryl methyl sites for hydroxylation is 1. The number of nitrogens with zero attached hydrogens (tertiary/aromatic N) is 3. The number of hydrogen-bond acceptors (Lipinski definition) is 4. The molecule has 0 radical (unpaired) electrons. The molecule has 2 rings (SSSR count). The molecular formula is C14H18N4O. The Kier molecular flexibility index (Phi) is 3.64. The monoisotopic (exact) mass is 258 g/mol. The summed E-state index contributed by atoms with van der Waals surface area (Å²) in [6, 6.07) is 7.78. The molecule has 5 nitrogen and oxygen atoms in total. The predicted octanol–water partition coefficient (Wildman–Crippen LogP) is 2.52. The number of rotatable bonds is 3. The van der Waals surface area contributed by atoms with Gasteiger partial charge in [-0.3, -0.25) is 4.79 Å². The lowest BCUT2D eigenvalue weighted by Gasteiger charge is -2.03. The highest BCUT2D eigenvalue weighted by molar-refractivity contribution is 5.81. The normalized spacial score (nSPS) is 10.9. The van der Waals surface area contributed by atoms with Crippen LogP contribution in [0.4, 0.5) is 5.95 Å². The fourth-order valence-electron chi connectivity index (χ4n) is 1.77. The van der Waals surface area contributed by atoms with Crippen LogP contribution in [0.3, 0.4) is 0 Å². The first kappa shape index (κ1) is 13.3. The van der Waals surface area contributed by atoms with Gasteiger partial charge in [0.2, 0.25) is 11.9 Å². The first-order valence-electron chi connectivity index (χ1n) is 6.30.